The van der Waals surface area contributed by atoms with E-state index in [9.17, 15) is 14.7 Å². The van der Waals surface area contributed by atoms with Gasteiger partial charge in [0.15, 0.2) is 5.78 Å². The number of hydrogen-bond acceptors (Lipinski definition) is 4. The first kappa shape index (κ1) is 20.6. The third kappa shape index (κ3) is 3.06. The van der Waals surface area contributed by atoms with Crippen LogP contribution in [0.15, 0.2) is 36.0 Å². The maximum absolute atomic E-state index is 11.9. The molecule has 8 atom stereocenters. The Kier molecular flexibility index (Phi) is 5.13. The number of rotatable bonds is 3. The number of aliphatic hydroxyl groups excluding tert-OH is 1. The van der Waals surface area contributed by atoms with Crippen LogP contribution in [0, 0.1) is 40.4 Å². The van der Waals surface area contributed by atoms with E-state index in [4.69, 9.17) is 4.74 Å². The predicted molar refractivity (Wildman–Crippen MR) is 112 cm³/mol. The van der Waals surface area contributed by atoms with Gasteiger partial charge in [-0.1, -0.05) is 38.5 Å². The van der Waals surface area contributed by atoms with E-state index >= 15 is 0 Å². The van der Waals surface area contributed by atoms with E-state index in [-0.39, 0.29) is 34.6 Å². The Morgan fingerprint density at radius 1 is 1.28 bits per heavy atom. The largest absolute Gasteiger partial charge is 0.466 e. The molecular formula is C25H34O4. The minimum absolute atomic E-state index is 0.101. The van der Waals surface area contributed by atoms with E-state index in [2.05, 4.69) is 26.8 Å². The zero-order valence-electron chi connectivity index (χ0n) is 18.1. The third-order valence-corrected chi connectivity index (χ3v) is 9.11. The lowest BCUT2D eigenvalue weighted by atomic mass is 9.46. The summed E-state index contributed by atoms with van der Waals surface area (Å²) in [5, 5.41) is 11.5. The highest BCUT2D eigenvalue weighted by molar-refractivity contribution is 6.01. The van der Waals surface area contributed by atoms with Crippen LogP contribution in [0.5, 0.6) is 0 Å². The van der Waals surface area contributed by atoms with Crippen molar-refractivity contribution in [2.75, 3.05) is 7.11 Å². The molecule has 3 saturated carbocycles. The van der Waals surface area contributed by atoms with Gasteiger partial charge >= 0.3 is 5.97 Å². The molecule has 4 aliphatic carbocycles. The van der Waals surface area contributed by atoms with Crippen LogP contribution in [0.4, 0.5) is 0 Å². The van der Waals surface area contributed by atoms with Gasteiger partial charge < -0.3 is 9.84 Å². The summed E-state index contributed by atoms with van der Waals surface area (Å²) in [6.45, 7) is 6.71. The van der Waals surface area contributed by atoms with Gasteiger partial charge in [0.25, 0.3) is 0 Å². The lowest BCUT2D eigenvalue weighted by molar-refractivity contribution is -0.135. The van der Waals surface area contributed by atoms with E-state index in [1.807, 2.05) is 12.2 Å². The van der Waals surface area contributed by atoms with Gasteiger partial charge in [0.2, 0.25) is 0 Å². The van der Waals surface area contributed by atoms with Crippen molar-refractivity contribution < 1.29 is 19.4 Å². The summed E-state index contributed by atoms with van der Waals surface area (Å²) in [5.74, 6) is 1.81. The molecule has 1 N–H and O–H groups in total. The zero-order valence-corrected chi connectivity index (χ0v) is 18.1. The molecule has 4 heteroatoms. The quantitative estimate of drug-likeness (QED) is 0.570. The first-order valence-electron chi connectivity index (χ1n) is 11.1. The number of fused-ring (bicyclic) bond motifs is 5. The maximum Gasteiger partial charge on any atom is 0.330 e. The average molecular weight is 399 g/mol. The molecule has 158 valence electrons. The number of ketones is 1. The Morgan fingerprint density at radius 3 is 2.76 bits per heavy atom. The van der Waals surface area contributed by atoms with Crippen LogP contribution >= 0.6 is 0 Å². The van der Waals surface area contributed by atoms with Gasteiger partial charge in [0.1, 0.15) is 0 Å². The first-order valence-corrected chi connectivity index (χ1v) is 11.1. The molecule has 4 rings (SSSR count). The average Bonchev–Trinajstić information content (AvgIpc) is 3.06. The number of ether oxygens (including phenoxy) is 1. The van der Waals surface area contributed by atoms with E-state index in [1.165, 1.54) is 18.8 Å². The highest BCUT2D eigenvalue weighted by Gasteiger charge is 2.62. The fourth-order valence-corrected chi connectivity index (χ4v) is 7.49. The molecule has 0 bridgehead atoms. The van der Waals surface area contributed by atoms with Crippen LogP contribution < -0.4 is 0 Å². The summed E-state index contributed by atoms with van der Waals surface area (Å²) in [6.07, 6.45) is 13.9. The van der Waals surface area contributed by atoms with Crippen LogP contribution in [-0.4, -0.2) is 30.1 Å². The van der Waals surface area contributed by atoms with E-state index in [0.717, 1.165) is 32.1 Å². The number of hydrogen-bond donors (Lipinski definition) is 1. The van der Waals surface area contributed by atoms with E-state index in [1.54, 1.807) is 6.08 Å². The lowest BCUT2D eigenvalue weighted by Crippen LogP contribution is -2.56. The van der Waals surface area contributed by atoms with Gasteiger partial charge in [0, 0.05) is 11.5 Å². The molecule has 0 aromatic rings. The Morgan fingerprint density at radius 2 is 2.03 bits per heavy atom. The van der Waals surface area contributed by atoms with Crippen molar-refractivity contribution in [3.8, 4) is 0 Å². The minimum atomic E-state index is -0.363. The number of methoxy groups -OCH3 is 1. The number of esters is 1. The normalized spacial score (nSPS) is 44.7. The molecule has 29 heavy (non-hydrogen) atoms. The number of carbonyl (C=O) groups excluding carboxylic acids is 2. The van der Waals surface area contributed by atoms with Crippen LogP contribution in [0.2, 0.25) is 0 Å². The van der Waals surface area contributed by atoms with Gasteiger partial charge in [-0.25, -0.2) is 4.79 Å². The van der Waals surface area contributed by atoms with Crippen molar-refractivity contribution in [1.29, 1.82) is 0 Å². The topological polar surface area (TPSA) is 63.6 Å². The van der Waals surface area contributed by atoms with Crippen molar-refractivity contribution in [2.45, 2.75) is 59.0 Å². The van der Waals surface area contributed by atoms with Crippen LogP contribution in [0.25, 0.3) is 0 Å². The molecule has 3 fully saturated rings. The molecule has 0 spiro atoms. The highest BCUT2D eigenvalue weighted by Crippen LogP contribution is 2.66. The standard InChI is InChI=1S/C25H34O4/c1-15(5-10-23(28)29-4)19-8-9-20-18-7-6-16-13-17(26)11-12-24(16,2)21(18)14-22(27)25(19,20)3/h5,10-13,15,18-22,27H,6-9,14H2,1-4H3/b10-5+/t15-,18+,19-,20+,21+,22+,24+,25-/m1/s1. The maximum atomic E-state index is 11.9. The van der Waals surface area contributed by atoms with Crippen LogP contribution in [0.1, 0.15) is 52.9 Å². The minimum Gasteiger partial charge on any atom is -0.466 e. The summed E-state index contributed by atoms with van der Waals surface area (Å²) in [7, 11) is 1.40. The van der Waals surface area contributed by atoms with Gasteiger partial charge in [-0.15, -0.1) is 0 Å². The molecule has 0 saturated heterocycles. The third-order valence-electron chi connectivity index (χ3n) is 9.11. The molecule has 4 nitrogen and oxygen atoms in total. The summed E-state index contributed by atoms with van der Waals surface area (Å²) < 4.78 is 4.74. The summed E-state index contributed by atoms with van der Waals surface area (Å²) in [4.78, 5) is 23.5. The highest BCUT2D eigenvalue weighted by atomic mass is 16.5. The molecule has 0 heterocycles. The Hall–Kier alpha value is -1.68. The summed E-state index contributed by atoms with van der Waals surface area (Å²) in [6, 6.07) is 0. The first-order chi connectivity index (χ1) is 13.7. The van der Waals surface area contributed by atoms with Crippen molar-refractivity contribution in [3.63, 3.8) is 0 Å². The Labute approximate surface area is 174 Å². The van der Waals surface area contributed by atoms with Gasteiger partial charge in [-0.2, -0.15) is 0 Å². The van der Waals surface area contributed by atoms with Crippen LogP contribution in [0.3, 0.4) is 0 Å². The molecular weight excluding hydrogens is 364 g/mol. The van der Waals surface area contributed by atoms with E-state index in [0.29, 0.717) is 23.7 Å². The van der Waals surface area contributed by atoms with Gasteiger partial charge in [-0.3, -0.25) is 4.79 Å². The lowest BCUT2D eigenvalue weighted by Gasteiger charge is -2.59. The SMILES string of the molecule is COC(=O)/C=C/[C@@H](C)[C@H]1CC[C@H]2[C@@H]3CCC4=CC(=O)C=C[C@]4(C)[C@H]3C[C@H](O)[C@]12C. The predicted octanol–water partition coefficient (Wildman–Crippen LogP) is 4.25. The number of allylic oxidation sites excluding steroid dienone is 5. The van der Waals surface area contributed by atoms with Crippen molar-refractivity contribution in [1.82, 2.24) is 0 Å². The second-order valence-corrected chi connectivity index (χ2v) is 10.1. The van der Waals surface area contributed by atoms with Crippen LogP contribution in [-0.2, 0) is 14.3 Å². The van der Waals surface area contributed by atoms with Gasteiger partial charge in [-0.05, 0) is 79.3 Å². The van der Waals surface area contributed by atoms with Crippen molar-refractivity contribution in [3.05, 3.63) is 36.0 Å². The molecule has 0 aromatic carbocycles. The van der Waals surface area contributed by atoms with E-state index < -0.39 is 0 Å². The molecule has 0 radical (unpaired) electrons. The monoisotopic (exact) mass is 398 g/mol. The molecule has 0 aliphatic heterocycles. The smallest absolute Gasteiger partial charge is 0.330 e. The molecule has 0 amide bonds. The molecule has 0 aromatic heterocycles. The van der Waals surface area contributed by atoms with Crippen molar-refractivity contribution in [2.24, 2.45) is 40.4 Å². The summed E-state index contributed by atoms with van der Waals surface area (Å²) in [5.41, 5.74) is 1.02. The Bertz CT molecular complexity index is 793. The number of aliphatic hydroxyl groups is 1. The second kappa shape index (κ2) is 7.23. The number of carbonyl (C=O) groups is 2. The zero-order chi connectivity index (χ0) is 21.0. The fraction of sp³-hybridized carbons (Fsp3) is 0.680. The van der Waals surface area contributed by atoms with Gasteiger partial charge in [0.05, 0.1) is 13.2 Å². The molecule has 0 unspecified atom stereocenters. The van der Waals surface area contributed by atoms with Crippen molar-refractivity contribution >= 4 is 11.8 Å². The Balaban J connectivity index is 1.62. The fourth-order valence-electron chi connectivity index (χ4n) is 7.49. The summed E-state index contributed by atoms with van der Waals surface area (Å²) >= 11 is 0. The second-order valence-electron chi connectivity index (χ2n) is 10.1. The molecule has 4 aliphatic rings.